The monoisotopic (exact) mass is 2160 g/mol. The second kappa shape index (κ2) is 65.4. The minimum absolute atomic E-state index is 0.122. The molecule has 0 aromatic rings. The molecule has 0 aromatic carbocycles. The quantitative estimate of drug-likeness (QED) is 0.0199. The summed E-state index contributed by atoms with van der Waals surface area (Å²) in [5, 5.41) is 295. The maximum absolute atomic E-state index is 13.7. The number of aliphatic hydroxyl groups is 25. The van der Waals surface area contributed by atoms with Gasteiger partial charge >= 0.3 is 0 Å². The molecule has 29 N–H and O–H groups in total. The third-order valence-electron chi connectivity index (χ3n) is 28.9. The van der Waals surface area contributed by atoms with Crippen LogP contribution in [0.1, 0.15) is 234 Å². The van der Waals surface area contributed by atoms with E-state index in [-0.39, 0.29) is 6.42 Å². The number of rotatable bonds is 63. The molecule has 18 unspecified atom stereocenters. The Hall–Kier alpha value is -4.10. The number of ether oxygens (including phenoxy) is 18. The Morgan fingerprint density at radius 1 is 0.282 bits per heavy atom. The smallest absolute Gasteiger partial charge is 0.220 e. The molecule has 0 spiro atoms. The number of aliphatic hydroxyl groups excluding tert-OH is 25. The van der Waals surface area contributed by atoms with Gasteiger partial charge in [0.2, 0.25) is 23.6 Å². The highest BCUT2D eigenvalue weighted by atomic mass is 16.8. The normalized spacial score (nSPS) is 40.2. The van der Waals surface area contributed by atoms with Gasteiger partial charge in [0.1, 0.15) is 213 Å². The largest absolute Gasteiger partial charge is 0.394 e. The van der Waals surface area contributed by atoms with E-state index in [1.807, 2.05) is 6.08 Å². The number of hydrogen-bond acceptors (Lipinski definition) is 47. The topological polar surface area (TPSA) is 788 Å². The van der Waals surface area contributed by atoms with Crippen LogP contribution in [-0.2, 0) is 104 Å². The first-order chi connectivity index (χ1) is 71.3. The first-order valence-corrected chi connectivity index (χ1v) is 53.4. The van der Waals surface area contributed by atoms with Crippen LogP contribution in [0.4, 0.5) is 0 Å². The Bertz CT molecular complexity index is 3760. The zero-order valence-electron chi connectivity index (χ0n) is 86.0. The molecule has 9 aliphatic heterocycles. The van der Waals surface area contributed by atoms with Crippen molar-refractivity contribution in [3.8, 4) is 0 Å². The summed E-state index contributed by atoms with van der Waals surface area (Å²) >= 11 is 0. The maximum atomic E-state index is 13.7. The van der Waals surface area contributed by atoms with E-state index in [2.05, 4.69) is 35.1 Å². The summed E-state index contributed by atoms with van der Waals surface area (Å²) in [6.07, 6.45) is -52.6. The zero-order valence-corrected chi connectivity index (χ0v) is 86.0. The van der Waals surface area contributed by atoms with Gasteiger partial charge in [-0.2, -0.15) is 0 Å². The fourth-order valence-electron chi connectivity index (χ4n) is 20.1. The molecule has 9 fully saturated rings. The van der Waals surface area contributed by atoms with Crippen molar-refractivity contribution in [3.63, 3.8) is 0 Å². The van der Waals surface area contributed by atoms with E-state index in [1.165, 1.54) is 116 Å². The molecular weight excluding hydrogens is 1990 g/mol. The molecule has 9 aliphatic rings. The number of allylic oxidation sites excluding steroid dienone is 1. The van der Waals surface area contributed by atoms with Crippen molar-refractivity contribution in [2.45, 2.75) is 522 Å². The number of unbranched alkanes of at least 4 members (excludes halogenated alkanes) is 27. The minimum Gasteiger partial charge on any atom is -0.394 e. The van der Waals surface area contributed by atoms with Crippen molar-refractivity contribution in [1.82, 2.24) is 21.3 Å². The summed E-state index contributed by atoms with van der Waals surface area (Å²) in [6, 6.07) is -7.16. The van der Waals surface area contributed by atoms with Crippen molar-refractivity contribution < 1.29 is 232 Å². The molecule has 47 atom stereocenters. The van der Waals surface area contributed by atoms with E-state index in [4.69, 9.17) is 85.3 Å². The fraction of sp³-hybridized carbons (Fsp3) is 0.939. The van der Waals surface area contributed by atoms with Gasteiger partial charge in [0, 0.05) is 27.2 Å². The van der Waals surface area contributed by atoms with E-state index in [0.717, 1.165) is 85.0 Å². The van der Waals surface area contributed by atoms with Crippen LogP contribution < -0.4 is 21.3 Å². The summed E-state index contributed by atoms with van der Waals surface area (Å²) in [6.45, 7) is -0.920. The second-order valence-electron chi connectivity index (χ2n) is 40.5. The molecule has 9 heterocycles. The van der Waals surface area contributed by atoms with E-state index in [1.54, 1.807) is 6.08 Å². The number of hydrogen-bond donors (Lipinski definition) is 29. The maximum Gasteiger partial charge on any atom is 0.220 e. The van der Waals surface area contributed by atoms with Crippen LogP contribution in [0.15, 0.2) is 12.2 Å². The molecule has 0 aromatic heterocycles. The Morgan fingerprint density at radius 2 is 0.577 bits per heavy atom. The average Bonchev–Trinajstić information content (AvgIpc) is 0.758. The van der Waals surface area contributed by atoms with Crippen molar-refractivity contribution in [3.05, 3.63) is 12.2 Å². The molecule has 51 nitrogen and oxygen atoms in total. The molecule has 868 valence electrons. The molecule has 149 heavy (non-hydrogen) atoms. The number of carbonyl (C=O) groups is 4. The standard InChI is InChI=1S/C98H174N4O47/c1-7-9-11-13-15-17-19-21-22-23-24-26-28-30-32-34-36-38-62(114)102-52(53(113)37-35-33-31-29-27-25-20-18-16-14-12-10-8-2)46-132-93-80(129)77(126)83(60(45-109)141-93)143-96-81(130)87(72(121)59(44-108)139-96)147-91-64(100-50(5)111)85(70(119)57(42-106)136-91)145-97-82(131)88(73(122)61(142-97)47-133-90-63(99-49(4)110)84(69(118)56(41-105)135-90)144-95-79(128)75(124)67(116)54(39-103)138-95)148-92-65(101-51(6)112)86(71(120)58(43-107)137-92)146-98-89(76(125)68(117)55(40-104)140-98)149-94-78(127)74(123)66(115)48(3)134-94/h35,37,48,52-61,63-98,103-109,113,115-131H,7-34,36,38-47H2,1-6H3,(H,99,110)(H,100,111)(H,101,112)(H,102,114)/b37-35+/t48?,52-,53+,54?,55?,56?,57?,58?,59?,60?,61?,63?,64?,65?,66+,67-,68-,69+,70+,71+,72-,73-,74?,75-,76-,77+,78-,79?,80?,81?,82?,83+,84+,85+,86+,87-,88-,89?,90+,91-,92-,93+,94+,95-,96-,97-,98-/m0/s1. The van der Waals surface area contributed by atoms with Gasteiger partial charge in [-0.25, -0.2) is 0 Å². The lowest BCUT2D eigenvalue weighted by Gasteiger charge is -2.51. The van der Waals surface area contributed by atoms with Crippen LogP contribution >= 0.6 is 0 Å². The highest BCUT2D eigenvalue weighted by molar-refractivity contribution is 5.76. The third-order valence-corrected chi connectivity index (χ3v) is 28.9. The Morgan fingerprint density at radius 3 is 1.00 bits per heavy atom. The number of carbonyl (C=O) groups excluding carboxylic acids is 4. The number of amides is 4. The lowest BCUT2D eigenvalue weighted by atomic mass is 9.93. The predicted molar refractivity (Wildman–Crippen MR) is 511 cm³/mol. The minimum atomic E-state index is -2.61. The Labute approximate surface area is 867 Å². The van der Waals surface area contributed by atoms with Crippen molar-refractivity contribution in [2.24, 2.45) is 0 Å². The van der Waals surface area contributed by atoms with Crippen LogP contribution in [0.25, 0.3) is 0 Å². The summed E-state index contributed by atoms with van der Waals surface area (Å²) < 4.78 is 109. The lowest BCUT2D eigenvalue weighted by Crippen LogP contribution is -2.71. The molecule has 9 rings (SSSR count). The van der Waals surface area contributed by atoms with E-state index < -0.39 is 371 Å². The number of nitrogens with one attached hydrogen (secondary N) is 4. The molecule has 0 saturated carbocycles. The first kappa shape index (κ1) is 128. The summed E-state index contributed by atoms with van der Waals surface area (Å²) in [4.78, 5) is 54.3. The molecule has 0 radical (unpaired) electrons. The van der Waals surface area contributed by atoms with Gasteiger partial charge in [-0.15, -0.1) is 0 Å². The molecule has 51 heteroatoms. The van der Waals surface area contributed by atoms with Gasteiger partial charge in [0.25, 0.3) is 0 Å². The molecule has 9 saturated heterocycles. The van der Waals surface area contributed by atoms with Gasteiger partial charge < -0.3 is 234 Å². The van der Waals surface area contributed by atoms with Gasteiger partial charge in [-0.05, 0) is 26.2 Å². The van der Waals surface area contributed by atoms with E-state index >= 15 is 0 Å². The van der Waals surface area contributed by atoms with Crippen molar-refractivity contribution in [2.75, 3.05) is 59.5 Å². The van der Waals surface area contributed by atoms with Gasteiger partial charge in [0.05, 0.1) is 77.7 Å². The molecular formula is C98H174N4O47. The molecule has 4 amide bonds. The first-order valence-electron chi connectivity index (χ1n) is 53.4. The second-order valence-corrected chi connectivity index (χ2v) is 40.5. The van der Waals surface area contributed by atoms with Crippen molar-refractivity contribution >= 4 is 23.6 Å². The van der Waals surface area contributed by atoms with Gasteiger partial charge in [-0.1, -0.05) is 193 Å². The highest BCUT2D eigenvalue weighted by Gasteiger charge is 2.62. The Balaban J connectivity index is 0.958. The third kappa shape index (κ3) is 36.5. The van der Waals surface area contributed by atoms with Crippen molar-refractivity contribution in [1.29, 1.82) is 0 Å². The van der Waals surface area contributed by atoms with Gasteiger partial charge in [-0.3, -0.25) is 19.2 Å². The predicted octanol–water partition coefficient (Wildman–Crippen LogP) is -7.00. The van der Waals surface area contributed by atoms with E-state index in [9.17, 15) is 147 Å². The van der Waals surface area contributed by atoms with Gasteiger partial charge in [0.15, 0.2) is 56.6 Å². The summed E-state index contributed by atoms with van der Waals surface area (Å²) in [5.74, 6) is -3.36. The highest BCUT2D eigenvalue weighted by Crippen LogP contribution is 2.41. The lowest BCUT2D eigenvalue weighted by molar-refractivity contribution is -0.392. The van der Waals surface area contributed by atoms with E-state index in [0.29, 0.717) is 12.8 Å². The van der Waals surface area contributed by atoms with Crippen LogP contribution in [0.5, 0.6) is 0 Å². The van der Waals surface area contributed by atoms with Crippen LogP contribution in [0.3, 0.4) is 0 Å². The molecule has 0 aliphatic carbocycles. The van der Waals surface area contributed by atoms with Crippen LogP contribution in [-0.4, -0.2) is 499 Å². The fourth-order valence-corrected chi connectivity index (χ4v) is 20.1. The summed E-state index contributed by atoms with van der Waals surface area (Å²) in [7, 11) is 0. The van der Waals surface area contributed by atoms with Crippen LogP contribution in [0.2, 0.25) is 0 Å². The Kier molecular flexibility index (Phi) is 56.4. The zero-order chi connectivity index (χ0) is 109. The summed E-state index contributed by atoms with van der Waals surface area (Å²) in [5.41, 5.74) is 0. The molecule has 0 bridgehead atoms. The SMILES string of the molecule is CCCCCCCCCCCCC/C=C/[C@@H](O)[C@H](CO[C@@H]1OC(CO)[C@@H](O[C@@H]2OC(CO)[C@H](O)[C@H](O[C@@H]3OC(CO)[C@@H](O)[C@H](O[C@@H]4OC(CO[C@@H]5OC(CO)[C@@H](O)[C@H](O[C@@H]6OC(CO)[C@H](O)[C@H](O)C6O)C5NC(C)=O)[C@H](O)[C@H](O[C@@H]5OC(CO)[C@@H](O)[C@H](O[C@@H]6OC(CO)[C@H](O)[C@H](O)C6O[C@H]6OC(C)[C@@H](O)C(O)[C@@H]6O)C5NC(C)=O)C4O)C3NC(C)=O)C2O)[C@H](O)C1O)NC(=O)CCCCCCCCCCCCCCCCCCC. The van der Waals surface area contributed by atoms with Crippen LogP contribution in [0, 0.1) is 0 Å². The average molecular weight is 2160 g/mol.